The summed E-state index contributed by atoms with van der Waals surface area (Å²) in [4.78, 5) is 61.4. The number of rotatable bonds is 8. The Bertz CT molecular complexity index is 2010. The highest BCUT2D eigenvalue weighted by molar-refractivity contribution is 8.76. The van der Waals surface area contributed by atoms with Crippen LogP contribution in [0.25, 0.3) is 0 Å². The summed E-state index contributed by atoms with van der Waals surface area (Å²) in [5.41, 5.74) is 2.20. The van der Waals surface area contributed by atoms with E-state index in [1.165, 1.54) is 38.6 Å². The van der Waals surface area contributed by atoms with Crippen LogP contribution in [0.15, 0.2) is 76.4 Å². The molecule has 5 heterocycles. The number of aromatic nitrogens is 1. The van der Waals surface area contributed by atoms with Gasteiger partial charge in [0, 0.05) is 54.5 Å². The lowest BCUT2D eigenvalue weighted by Gasteiger charge is -2.57. The van der Waals surface area contributed by atoms with Crippen molar-refractivity contribution in [3.05, 3.63) is 82.0 Å². The molecule has 13 heteroatoms. The van der Waals surface area contributed by atoms with E-state index in [9.17, 15) is 29.4 Å². The number of hydrogen-bond donors (Lipinski definition) is 3. The summed E-state index contributed by atoms with van der Waals surface area (Å²) in [6.45, 7) is 2.33. The Morgan fingerprint density at radius 1 is 1.05 bits per heavy atom. The minimum Gasteiger partial charge on any atom is -0.427 e. The number of fused-ring (bicyclic) bond motifs is 3. The molecule has 1 saturated heterocycles. The Morgan fingerprint density at radius 2 is 1.86 bits per heavy atom. The van der Waals surface area contributed by atoms with Crippen LogP contribution in [-0.4, -0.2) is 68.3 Å². The number of ether oxygens (including phenoxy) is 2. The fourth-order valence-electron chi connectivity index (χ4n) is 11.7. The van der Waals surface area contributed by atoms with Crippen LogP contribution in [-0.2, 0) is 28.7 Å². The molecular formula is C44H51N3O8S2. The van der Waals surface area contributed by atoms with Gasteiger partial charge in [-0.3, -0.25) is 14.5 Å². The third kappa shape index (κ3) is 6.55. The number of pyridine rings is 1. The molecule has 0 radical (unpaired) electrons. The number of esters is 2. The third-order valence-electron chi connectivity index (χ3n) is 14.4. The number of aliphatic hydroxyl groups excluding tert-OH is 2. The molecule has 11 nitrogen and oxygen atoms in total. The van der Waals surface area contributed by atoms with Gasteiger partial charge in [0.2, 0.25) is 0 Å². The number of amides is 2. The molecule has 3 N–H and O–H groups in total. The molecule has 0 aromatic carbocycles. The number of allylic oxidation sites excluding steroid dienone is 4. The van der Waals surface area contributed by atoms with Gasteiger partial charge in [-0.2, -0.15) is 0 Å². The maximum absolute atomic E-state index is 14.8. The number of hydrogen-bond acceptors (Lipinski definition) is 12. The van der Waals surface area contributed by atoms with Gasteiger partial charge < -0.3 is 25.0 Å². The summed E-state index contributed by atoms with van der Waals surface area (Å²) in [5, 5.41) is 24.5. The summed E-state index contributed by atoms with van der Waals surface area (Å²) in [5.74, 6) is -0.463. The van der Waals surface area contributed by atoms with Crippen LogP contribution in [0.3, 0.4) is 0 Å². The van der Waals surface area contributed by atoms with Crippen LogP contribution in [0, 0.1) is 34.5 Å². The number of carbonyl (C=O) groups excluding carboxylic acids is 4. The monoisotopic (exact) mass is 813 g/mol. The maximum Gasteiger partial charge on any atom is 0.340 e. The lowest BCUT2D eigenvalue weighted by Crippen LogP contribution is -2.53. The van der Waals surface area contributed by atoms with Crippen molar-refractivity contribution in [2.75, 3.05) is 24.3 Å². The highest BCUT2D eigenvalue weighted by Crippen LogP contribution is 2.72. The fraction of sp³-hybridized carbons (Fsp3) is 0.568. The highest BCUT2D eigenvalue weighted by atomic mass is 33.1. The first-order valence-corrected chi connectivity index (χ1v) is 23.2. The van der Waals surface area contributed by atoms with Crippen molar-refractivity contribution in [3.63, 3.8) is 0 Å². The fourth-order valence-corrected chi connectivity index (χ4v) is 13.8. The number of aliphatic hydroxyl groups is 2. The van der Waals surface area contributed by atoms with E-state index in [0.717, 1.165) is 68.1 Å². The Hall–Kier alpha value is -3.65. The first-order chi connectivity index (χ1) is 27.7. The van der Waals surface area contributed by atoms with E-state index in [4.69, 9.17) is 9.47 Å². The van der Waals surface area contributed by atoms with Crippen molar-refractivity contribution >= 4 is 51.2 Å². The molecule has 10 rings (SSSR count). The summed E-state index contributed by atoms with van der Waals surface area (Å²) < 4.78 is 12.7. The summed E-state index contributed by atoms with van der Waals surface area (Å²) in [6.07, 6.45) is 19.3. The molecule has 57 heavy (non-hydrogen) atoms. The lowest BCUT2D eigenvalue weighted by atomic mass is 9.43. The summed E-state index contributed by atoms with van der Waals surface area (Å²) in [6, 6.07) is 3.83. The van der Waals surface area contributed by atoms with Crippen LogP contribution in [0.5, 0.6) is 0 Å². The molecule has 7 bridgehead atoms. The molecule has 1 aromatic heterocycles. The Balaban J connectivity index is 1.25. The molecule has 1 aromatic rings. The van der Waals surface area contributed by atoms with Crippen LogP contribution < -0.4 is 5.32 Å². The summed E-state index contributed by atoms with van der Waals surface area (Å²) >= 11 is 0. The van der Waals surface area contributed by atoms with Gasteiger partial charge in [0.15, 0.2) is 0 Å². The Kier molecular flexibility index (Phi) is 10.6. The van der Waals surface area contributed by atoms with Crippen LogP contribution >= 0.6 is 21.6 Å². The Labute approximate surface area is 341 Å². The summed E-state index contributed by atoms with van der Waals surface area (Å²) in [7, 11) is 2.85. The zero-order chi connectivity index (χ0) is 39.5. The number of anilines is 1. The standard InChI is InChI=1S/C44H51N3O8S2/c1-2-43(16-4-5-17-43)22-31-29-10-9-28-27-14-18-44(38(28)37(29)40(51)54-31)32-11-8-25(7-3-6-20-48)42(53)57-56-24-46-33-21-26(15-19-45-33)30(36(27)39(44)41(52)55-32)23-47-34(49)12-13-35(47)50/h11-13,15,19,21-22,25,27-28,30,38,42,48,53H,2-10,14,16-18,20,23-24H2,1H3,(H,45,46). The average molecular weight is 814 g/mol. The molecule has 1 spiro atoms. The number of carbonyl (C=O) groups is 4. The van der Waals surface area contributed by atoms with E-state index in [1.54, 1.807) is 6.20 Å². The number of nitrogens with zero attached hydrogens (tertiary/aromatic N) is 2. The van der Waals surface area contributed by atoms with Gasteiger partial charge in [0.25, 0.3) is 11.8 Å². The van der Waals surface area contributed by atoms with Gasteiger partial charge in [-0.25, -0.2) is 14.6 Å². The van der Waals surface area contributed by atoms with Crippen molar-refractivity contribution in [2.24, 2.45) is 34.5 Å². The number of imide groups is 1. The van der Waals surface area contributed by atoms with Crippen molar-refractivity contribution in [1.29, 1.82) is 0 Å². The van der Waals surface area contributed by atoms with E-state index in [0.29, 0.717) is 66.5 Å². The van der Waals surface area contributed by atoms with E-state index in [1.807, 2.05) is 18.2 Å². The van der Waals surface area contributed by atoms with Gasteiger partial charge in [0.05, 0.1) is 16.9 Å². The maximum atomic E-state index is 14.8. The van der Waals surface area contributed by atoms with Crippen molar-refractivity contribution in [2.45, 2.75) is 102 Å². The lowest BCUT2D eigenvalue weighted by molar-refractivity contribution is -0.137. The second-order valence-electron chi connectivity index (χ2n) is 17.1. The Morgan fingerprint density at radius 3 is 2.63 bits per heavy atom. The van der Waals surface area contributed by atoms with Crippen LogP contribution in [0.4, 0.5) is 5.82 Å². The van der Waals surface area contributed by atoms with Gasteiger partial charge in [-0.15, -0.1) is 0 Å². The predicted molar refractivity (Wildman–Crippen MR) is 217 cm³/mol. The number of nitrogens with one attached hydrogen (secondary N) is 1. The van der Waals surface area contributed by atoms with Gasteiger partial charge in [-0.1, -0.05) is 47.8 Å². The minimum absolute atomic E-state index is 0.00399. The van der Waals surface area contributed by atoms with Crippen molar-refractivity contribution < 1.29 is 38.9 Å². The van der Waals surface area contributed by atoms with E-state index < -0.39 is 22.7 Å². The minimum atomic E-state index is -0.972. The van der Waals surface area contributed by atoms with Gasteiger partial charge >= 0.3 is 11.9 Å². The normalized spacial score (nSPS) is 33.8. The smallest absolute Gasteiger partial charge is 0.340 e. The molecule has 9 aliphatic rings. The highest BCUT2D eigenvalue weighted by Gasteiger charge is 2.69. The predicted octanol–water partition coefficient (Wildman–Crippen LogP) is 7.22. The zero-order valence-electron chi connectivity index (χ0n) is 32.4. The quantitative estimate of drug-likeness (QED) is 0.105. The van der Waals surface area contributed by atoms with Crippen molar-refractivity contribution in [1.82, 2.24) is 9.88 Å². The molecule has 302 valence electrons. The zero-order valence-corrected chi connectivity index (χ0v) is 34.0. The van der Waals surface area contributed by atoms with Crippen LogP contribution in [0.2, 0.25) is 0 Å². The molecule has 5 aliphatic carbocycles. The van der Waals surface area contributed by atoms with E-state index >= 15 is 0 Å². The van der Waals surface area contributed by atoms with E-state index in [-0.39, 0.29) is 60.0 Å². The average Bonchev–Trinajstić information content (AvgIpc) is 3.98. The molecule has 2 amide bonds. The van der Waals surface area contributed by atoms with Gasteiger partial charge in [-0.05, 0) is 123 Å². The van der Waals surface area contributed by atoms with Crippen LogP contribution in [0.1, 0.15) is 102 Å². The molecule has 7 unspecified atom stereocenters. The largest absolute Gasteiger partial charge is 0.427 e. The molecule has 4 aliphatic heterocycles. The topological polar surface area (TPSA) is 155 Å². The second-order valence-corrected chi connectivity index (χ2v) is 19.6. The first-order valence-electron chi connectivity index (χ1n) is 20.8. The molecule has 2 saturated carbocycles. The molecule has 7 atom stereocenters. The van der Waals surface area contributed by atoms with E-state index in [2.05, 4.69) is 23.3 Å². The van der Waals surface area contributed by atoms with Crippen molar-refractivity contribution in [3.8, 4) is 0 Å². The third-order valence-corrected chi connectivity index (χ3v) is 16.8. The number of cyclic esters (lactones) is 1. The second kappa shape index (κ2) is 15.5. The molecular weight excluding hydrogens is 763 g/mol. The van der Waals surface area contributed by atoms with Gasteiger partial charge in [0.1, 0.15) is 22.8 Å². The first kappa shape index (κ1) is 38.8. The molecule has 3 fully saturated rings. The SMILES string of the molecule is CCC1(C=C2OC(=O)C3=C2CCC2C4CCC5(C6=CCC(CCCCO)C(O)SSCNc7cc(ccn7)C(CN7C(=O)C=CC7=O)C4=C5C(=O)O6)C32)CCCC1. The number of unbranched alkanes of at least 4 members (excludes halogenated alkanes) is 1.